The molecule has 1 aromatic heterocycles. The molecule has 1 fully saturated rings. The number of hydrogen-bond acceptors (Lipinski definition) is 5. The van der Waals surface area contributed by atoms with Gasteiger partial charge in [0.2, 0.25) is 0 Å². The molecule has 1 aliphatic heterocycles. The van der Waals surface area contributed by atoms with Crippen LogP contribution in [0, 0.1) is 0 Å². The van der Waals surface area contributed by atoms with Crippen LogP contribution < -0.4 is 4.90 Å². The first kappa shape index (κ1) is 19.0. The predicted octanol–water partition coefficient (Wildman–Crippen LogP) is 5.60. The second-order valence-corrected chi connectivity index (χ2v) is 8.86. The topological polar surface area (TPSA) is 53.4 Å². The number of anilines is 1. The van der Waals surface area contributed by atoms with Gasteiger partial charge in [-0.25, -0.2) is 4.98 Å². The third-order valence-corrected chi connectivity index (χ3v) is 6.98. The van der Waals surface area contributed by atoms with Crippen molar-refractivity contribution in [3.8, 4) is 0 Å². The van der Waals surface area contributed by atoms with Crippen LogP contribution in [-0.4, -0.2) is 34.9 Å². The molecule has 1 saturated heterocycles. The van der Waals surface area contributed by atoms with Crippen LogP contribution in [-0.2, 0) is 4.79 Å². The Morgan fingerprint density at radius 1 is 1.11 bits per heavy atom. The van der Waals surface area contributed by atoms with E-state index in [4.69, 9.17) is 10.1 Å². The van der Waals surface area contributed by atoms with Gasteiger partial charge in [0.15, 0.2) is 0 Å². The van der Waals surface area contributed by atoms with Gasteiger partial charge in [0.25, 0.3) is 0 Å². The Hall–Kier alpha value is -2.31. The molecule has 0 bridgehead atoms. The van der Waals surface area contributed by atoms with Crippen molar-refractivity contribution in [2.75, 3.05) is 23.7 Å². The lowest BCUT2D eigenvalue weighted by molar-refractivity contribution is -0.133. The molecule has 0 radical (unpaired) electrons. The highest BCUT2D eigenvalue weighted by molar-refractivity contribution is 8.09. The average Bonchev–Trinajstić information content (AvgIpc) is 3.16. The summed E-state index contributed by atoms with van der Waals surface area (Å²) in [6.45, 7) is 2.25. The van der Waals surface area contributed by atoms with E-state index in [-0.39, 0.29) is 5.75 Å². The number of thiazole rings is 1. The Morgan fingerprint density at radius 3 is 2.57 bits per heavy atom. The summed E-state index contributed by atoms with van der Waals surface area (Å²) in [5.41, 5.74) is 3.27. The molecule has 144 valence electrons. The molecule has 6 heteroatoms. The van der Waals surface area contributed by atoms with Crippen LogP contribution in [0.5, 0.6) is 0 Å². The lowest BCUT2D eigenvalue weighted by atomic mass is 10.1. The molecule has 1 N–H and O–H groups in total. The molecule has 0 unspecified atom stereocenters. The fourth-order valence-corrected chi connectivity index (χ4v) is 5.21. The van der Waals surface area contributed by atoms with Crippen molar-refractivity contribution in [1.29, 1.82) is 0 Å². The summed E-state index contributed by atoms with van der Waals surface area (Å²) in [6, 6.07) is 16.5. The minimum Gasteiger partial charge on any atom is -0.481 e. The summed E-state index contributed by atoms with van der Waals surface area (Å²) >= 11 is 2.92. The molecular formula is C22H22N2O2S2. The van der Waals surface area contributed by atoms with Crippen molar-refractivity contribution in [2.24, 2.45) is 0 Å². The summed E-state index contributed by atoms with van der Waals surface area (Å²) in [4.78, 5) is 19.1. The molecule has 4 nitrogen and oxygen atoms in total. The minimum atomic E-state index is -0.822. The monoisotopic (exact) mass is 410 g/mol. The Balaban J connectivity index is 1.61. The maximum absolute atomic E-state index is 11.1. The largest absolute Gasteiger partial charge is 0.481 e. The number of carboxylic acid groups (broad SMARTS) is 1. The maximum atomic E-state index is 11.1. The zero-order chi connectivity index (χ0) is 19.3. The standard InChI is InChI=1S/C22H22N2O2S2/c25-21(26)15-27-20(22-23-18-6-2-3-7-19(18)28-22)14-16-8-10-17(11-9-16)24-12-4-1-5-13-24/h2-3,6-11,14H,1,4-5,12-13,15H2,(H,25,26). The van der Waals surface area contributed by atoms with E-state index in [1.807, 2.05) is 30.3 Å². The van der Waals surface area contributed by atoms with Crippen LogP contribution in [0.3, 0.4) is 0 Å². The zero-order valence-electron chi connectivity index (χ0n) is 15.5. The number of aliphatic carboxylic acids is 1. The van der Waals surface area contributed by atoms with Gasteiger partial charge in [-0.1, -0.05) is 24.3 Å². The van der Waals surface area contributed by atoms with Crippen molar-refractivity contribution < 1.29 is 9.90 Å². The quantitative estimate of drug-likeness (QED) is 0.573. The van der Waals surface area contributed by atoms with E-state index < -0.39 is 5.97 Å². The lowest BCUT2D eigenvalue weighted by Gasteiger charge is -2.28. The Bertz CT molecular complexity index is 956. The number of carbonyl (C=O) groups is 1. The van der Waals surface area contributed by atoms with Crippen molar-refractivity contribution >= 4 is 56.0 Å². The Kier molecular flexibility index (Phi) is 5.98. The first-order valence-corrected chi connectivity index (χ1v) is 11.3. The first-order chi connectivity index (χ1) is 13.7. The number of fused-ring (bicyclic) bond motifs is 1. The Labute approximate surface area is 172 Å². The van der Waals surface area contributed by atoms with Crippen LogP contribution in [0.25, 0.3) is 21.2 Å². The molecule has 0 amide bonds. The van der Waals surface area contributed by atoms with E-state index >= 15 is 0 Å². The highest BCUT2D eigenvalue weighted by Gasteiger charge is 2.13. The number of para-hydroxylation sites is 1. The SMILES string of the molecule is O=C(O)CSC(=Cc1ccc(N2CCCCC2)cc1)c1nc2ccccc2s1. The molecule has 2 heterocycles. The first-order valence-electron chi connectivity index (χ1n) is 9.46. The summed E-state index contributed by atoms with van der Waals surface area (Å²) in [6.07, 6.45) is 5.89. The minimum absolute atomic E-state index is 0.0214. The third-order valence-electron chi connectivity index (χ3n) is 4.77. The second-order valence-electron chi connectivity index (χ2n) is 6.82. The number of nitrogens with zero attached hydrogens (tertiary/aromatic N) is 2. The number of hydrogen-bond donors (Lipinski definition) is 1. The fraction of sp³-hybridized carbons (Fsp3) is 0.273. The van der Waals surface area contributed by atoms with Gasteiger partial charge in [-0.15, -0.1) is 23.1 Å². The van der Waals surface area contributed by atoms with Crippen LogP contribution in [0.2, 0.25) is 0 Å². The molecule has 3 aromatic rings. The van der Waals surface area contributed by atoms with Crippen molar-refractivity contribution in [1.82, 2.24) is 4.98 Å². The molecule has 0 atom stereocenters. The number of benzene rings is 2. The number of thioether (sulfide) groups is 1. The van der Waals surface area contributed by atoms with Gasteiger partial charge in [-0.3, -0.25) is 4.79 Å². The highest BCUT2D eigenvalue weighted by Crippen LogP contribution is 2.35. The molecule has 1 aliphatic rings. The van der Waals surface area contributed by atoms with E-state index in [0.29, 0.717) is 0 Å². The summed E-state index contributed by atoms with van der Waals surface area (Å²) in [5, 5.41) is 9.99. The van der Waals surface area contributed by atoms with Crippen molar-refractivity contribution in [3.05, 3.63) is 59.1 Å². The van der Waals surface area contributed by atoms with Gasteiger partial charge >= 0.3 is 5.97 Å². The summed E-state index contributed by atoms with van der Waals surface area (Å²) < 4.78 is 1.11. The van der Waals surface area contributed by atoms with Crippen LogP contribution >= 0.6 is 23.1 Å². The van der Waals surface area contributed by atoms with Gasteiger partial charge in [-0.05, 0) is 55.2 Å². The van der Waals surface area contributed by atoms with E-state index in [1.54, 1.807) is 11.3 Å². The number of aromatic nitrogens is 1. The average molecular weight is 411 g/mol. The van der Waals surface area contributed by atoms with Crippen molar-refractivity contribution in [2.45, 2.75) is 19.3 Å². The fourth-order valence-electron chi connectivity index (χ4n) is 3.37. The third kappa shape index (κ3) is 4.56. The van der Waals surface area contributed by atoms with Crippen LogP contribution in [0.15, 0.2) is 48.5 Å². The highest BCUT2D eigenvalue weighted by atomic mass is 32.2. The molecule has 2 aromatic carbocycles. The van der Waals surface area contributed by atoms with Gasteiger partial charge in [-0.2, -0.15) is 0 Å². The van der Waals surface area contributed by atoms with Gasteiger partial charge in [0, 0.05) is 23.7 Å². The van der Waals surface area contributed by atoms with E-state index in [1.165, 1.54) is 36.7 Å². The number of rotatable bonds is 6. The van der Waals surface area contributed by atoms with Crippen molar-refractivity contribution in [3.63, 3.8) is 0 Å². The molecule has 0 spiro atoms. The van der Waals surface area contributed by atoms with E-state index in [0.717, 1.165) is 38.8 Å². The lowest BCUT2D eigenvalue weighted by Crippen LogP contribution is -2.29. The van der Waals surface area contributed by atoms with Crippen LogP contribution in [0.4, 0.5) is 5.69 Å². The predicted molar refractivity (Wildman–Crippen MR) is 120 cm³/mol. The van der Waals surface area contributed by atoms with Crippen LogP contribution in [0.1, 0.15) is 29.8 Å². The van der Waals surface area contributed by atoms with Gasteiger partial charge in [0.1, 0.15) is 5.01 Å². The maximum Gasteiger partial charge on any atom is 0.313 e. The molecule has 28 heavy (non-hydrogen) atoms. The number of carboxylic acids is 1. The molecule has 0 aliphatic carbocycles. The zero-order valence-corrected chi connectivity index (χ0v) is 17.1. The Morgan fingerprint density at radius 2 is 1.86 bits per heavy atom. The van der Waals surface area contributed by atoms with Gasteiger partial charge < -0.3 is 10.0 Å². The van der Waals surface area contributed by atoms with Gasteiger partial charge in [0.05, 0.1) is 16.0 Å². The summed E-state index contributed by atoms with van der Waals surface area (Å²) in [7, 11) is 0. The van der Waals surface area contributed by atoms with E-state index in [2.05, 4.69) is 29.2 Å². The summed E-state index contributed by atoms with van der Waals surface area (Å²) in [5.74, 6) is -0.800. The van der Waals surface area contributed by atoms with E-state index in [9.17, 15) is 4.79 Å². The normalized spacial score (nSPS) is 15.1. The molecular weight excluding hydrogens is 388 g/mol. The smallest absolute Gasteiger partial charge is 0.313 e. The molecule has 0 saturated carbocycles. The number of piperidine rings is 1. The second kappa shape index (κ2) is 8.80. The molecule has 4 rings (SSSR count).